The van der Waals surface area contributed by atoms with Crippen molar-refractivity contribution in [3.05, 3.63) is 24.0 Å². The Labute approximate surface area is 165 Å². The van der Waals surface area contributed by atoms with Crippen LogP contribution in [0.5, 0.6) is 0 Å². The van der Waals surface area contributed by atoms with Crippen molar-refractivity contribution in [3.63, 3.8) is 0 Å². The maximum atomic E-state index is 4.60. The second kappa shape index (κ2) is 9.68. The first-order valence-electron chi connectivity index (χ1n) is 9.72. The van der Waals surface area contributed by atoms with Crippen LogP contribution in [-0.2, 0) is 13.0 Å². The van der Waals surface area contributed by atoms with Crippen molar-refractivity contribution in [1.82, 2.24) is 29.1 Å². The number of guanidine groups is 1. The molecule has 1 aliphatic heterocycles. The van der Waals surface area contributed by atoms with Gasteiger partial charge < -0.3 is 19.7 Å². The van der Waals surface area contributed by atoms with Gasteiger partial charge in [0.1, 0.15) is 11.6 Å². The van der Waals surface area contributed by atoms with Crippen molar-refractivity contribution in [3.8, 4) is 0 Å². The van der Waals surface area contributed by atoms with E-state index in [2.05, 4.69) is 45.9 Å². The highest BCUT2D eigenvalue weighted by Crippen LogP contribution is 2.19. The molecule has 0 spiro atoms. The molecular weight excluding hydrogens is 360 g/mol. The molecule has 1 saturated heterocycles. The van der Waals surface area contributed by atoms with Gasteiger partial charge in [-0.15, -0.1) is 0 Å². The van der Waals surface area contributed by atoms with Crippen LogP contribution in [0.3, 0.4) is 0 Å². The molecule has 0 bridgehead atoms. The third kappa shape index (κ3) is 5.18. The van der Waals surface area contributed by atoms with Gasteiger partial charge >= 0.3 is 0 Å². The molecule has 1 fully saturated rings. The van der Waals surface area contributed by atoms with E-state index in [9.17, 15) is 0 Å². The summed E-state index contributed by atoms with van der Waals surface area (Å²) in [5.74, 6) is 3.03. The zero-order valence-electron chi connectivity index (χ0n) is 16.6. The predicted molar refractivity (Wildman–Crippen MR) is 111 cm³/mol. The van der Waals surface area contributed by atoms with Crippen molar-refractivity contribution < 1.29 is 0 Å². The summed E-state index contributed by atoms with van der Waals surface area (Å²) in [5, 5.41) is 4.55. The normalized spacial score (nSPS) is 15.4. The Kier molecular flexibility index (Phi) is 7.03. The molecule has 0 amide bonds. The second-order valence-corrected chi connectivity index (χ2v) is 7.40. The van der Waals surface area contributed by atoms with Crippen LogP contribution in [0.1, 0.15) is 31.4 Å². The number of imidazole rings is 1. The maximum absolute atomic E-state index is 4.60. The molecule has 0 saturated carbocycles. The van der Waals surface area contributed by atoms with Crippen LogP contribution in [-0.4, -0.2) is 69.5 Å². The number of hydrogen-bond donors (Lipinski definition) is 1. The minimum atomic E-state index is 0.896. The van der Waals surface area contributed by atoms with Crippen LogP contribution in [0, 0.1) is 6.92 Å². The summed E-state index contributed by atoms with van der Waals surface area (Å²) >= 11 is 1.51. The third-order valence-electron chi connectivity index (χ3n) is 4.87. The molecule has 27 heavy (non-hydrogen) atoms. The summed E-state index contributed by atoms with van der Waals surface area (Å²) < 4.78 is 6.60. The number of rotatable bonds is 7. The average molecular weight is 391 g/mol. The number of hydrogen-bond acceptors (Lipinski definition) is 6. The van der Waals surface area contributed by atoms with Crippen molar-refractivity contribution >= 4 is 22.6 Å². The lowest BCUT2D eigenvalue weighted by Gasteiger charge is -2.36. The summed E-state index contributed by atoms with van der Waals surface area (Å²) in [6.07, 6.45) is 7.04. The number of aryl methyl sites for hydroxylation is 3. The highest BCUT2D eigenvalue weighted by atomic mass is 32.1. The third-order valence-corrected chi connectivity index (χ3v) is 5.68. The maximum Gasteiger partial charge on any atom is 0.205 e. The lowest BCUT2D eigenvalue weighted by molar-refractivity contribution is 0.371. The van der Waals surface area contributed by atoms with E-state index in [1.54, 1.807) is 0 Å². The molecule has 2 aromatic rings. The van der Waals surface area contributed by atoms with Crippen LogP contribution in [0.2, 0.25) is 0 Å². The topological polar surface area (TPSA) is 74.5 Å². The van der Waals surface area contributed by atoms with Gasteiger partial charge in [-0.05, 0) is 19.8 Å². The van der Waals surface area contributed by atoms with E-state index in [1.807, 2.05) is 26.4 Å². The van der Waals surface area contributed by atoms with Gasteiger partial charge in [-0.3, -0.25) is 4.99 Å². The first-order chi connectivity index (χ1) is 13.2. The summed E-state index contributed by atoms with van der Waals surface area (Å²) in [6.45, 7) is 9.92. The van der Waals surface area contributed by atoms with Crippen molar-refractivity contribution in [2.75, 3.05) is 44.7 Å². The number of unbranched alkanes of at least 4 members (excludes halogenated alkanes) is 1. The molecule has 0 radical (unpaired) electrons. The van der Waals surface area contributed by atoms with Gasteiger partial charge in [-0.1, -0.05) is 6.92 Å². The fourth-order valence-electron chi connectivity index (χ4n) is 3.21. The van der Waals surface area contributed by atoms with E-state index in [0.717, 1.165) is 81.3 Å². The minimum Gasteiger partial charge on any atom is -0.356 e. The van der Waals surface area contributed by atoms with E-state index in [0.29, 0.717) is 0 Å². The number of aliphatic imine (C=N–C) groups is 1. The van der Waals surface area contributed by atoms with E-state index in [1.165, 1.54) is 11.5 Å². The monoisotopic (exact) mass is 390 g/mol. The standard InChI is InChI=1S/C18H30N8S/c1-4-16-22-18(27-23-16)26-13-11-25(12-14-26)17(19-3)21-7-5-6-9-24-10-8-20-15(24)2/h8,10H,4-7,9,11-14H2,1-3H3,(H,19,21). The lowest BCUT2D eigenvalue weighted by Crippen LogP contribution is -2.52. The Morgan fingerprint density at radius 2 is 2.07 bits per heavy atom. The van der Waals surface area contributed by atoms with Gasteiger partial charge in [0.05, 0.1) is 0 Å². The molecule has 3 heterocycles. The molecule has 0 atom stereocenters. The number of nitrogens with zero attached hydrogens (tertiary/aromatic N) is 7. The molecule has 1 aliphatic rings. The van der Waals surface area contributed by atoms with Crippen LogP contribution < -0.4 is 10.2 Å². The Hall–Kier alpha value is -2.16. The van der Waals surface area contributed by atoms with E-state index in [-0.39, 0.29) is 0 Å². The smallest absolute Gasteiger partial charge is 0.205 e. The fourth-order valence-corrected chi connectivity index (χ4v) is 4.01. The molecule has 0 aliphatic carbocycles. The minimum absolute atomic E-state index is 0.896. The molecule has 9 heteroatoms. The van der Waals surface area contributed by atoms with Gasteiger partial charge in [0, 0.05) is 76.7 Å². The largest absolute Gasteiger partial charge is 0.356 e. The van der Waals surface area contributed by atoms with Gasteiger partial charge in [-0.25, -0.2) is 9.97 Å². The number of nitrogens with one attached hydrogen (secondary N) is 1. The molecule has 1 N–H and O–H groups in total. The Balaban J connectivity index is 1.38. The first kappa shape index (κ1) is 19.6. The highest BCUT2D eigenvalue weighted by molar-refractivity contribution is 7.09. The van der Waals surface area contributed by atoms with Crippen LogP contribution >= 0.6 is 11.5 Å². The Morgan fingerprint density at radius 3 is 2.70 bits per heavy atom. The van der Waals surface area contributed by atoms with Crippen LogP contribution in [0.15, 0.2) is 17.4 Å². The van der Waals surface area contributed by atoms with Gasteiger partial charge in [0.2, 0.25) is 5.13 Å². The van der Waals surface area contributed by atoms with Gasteiger partial charge in [-0.2, -0.15) is 4.37 Å². The SMILES string of the molecule is CCc1nsc(N2CCN(C(=NC)NCCCCn3ccnc3C)CC2)n1. The van der Waals surface area contributed by atoms with E-state index in [4.69, 9.17) is 0 Å². The number of aromatic nitrogens is 4. The molecule has 0 unspecified atom stereocenters. The number of piperazine rings is 1. The Morgan fingerprint density at radius 1 is 1.26 bits per heavy atom. The summed E-state index contributed by atoms with van der Waals surface area (Å²) in [6, 6.07) is 0. The van der Waals surface area contributed by atoms with Crippen molar-refractivity contribution in [2.45, 2.75) is 39.7 Å². The van der Waals surface area contributed by atoms with Crippen molar-refractivity contribution in [1.29, 1.82) is 0 Å². The molecule has 148 valence electrons. The van der Waals surface area contributed by atoms with E-state index >= 15 is 0 Å². The Bertz CT molecular complexity index is 729. The predicted octanol–water partition coefficient (Wildman–Crippen LogP) is 1.78. The second-order valence-electron chi connectivity index (χ2n) is 6.67. The molecule has 0 aromatic carbocycles. The lowest BCUT2D eigenvalue weighted by atomic mass is 10.3. The molecular formula is C18H30N8S. The molecule has 3 rings (SSSR count). The highest BCUT2D eigenvalue weighted by Gasteiger charge is 2.21. The van der Waals surface area contributed by atoms with Gasteiger partial charge in [0.15, 0.2) is 5.96 Å². The molecule has 2 aromatic heterocycles. The van der Waals surface area contributed by atoms with Crippen LogP contribution in [0.4, 0.5) is 5.13 Å². The molecule has 8 nitrogen and oxygen atoms in total. The van der Waals surface area contributed by atoms with E-state index < -0.39 is 0 Å². The summed E-state index contributed by atoms with van der Waals surface area (Å²) in [7, 11) is 1.86. The summed E-state index contributed by atoms with van der Waals surface area (Å²) in [5.41, 5.74) is 0. The fraction of sp³-hybridized carbons (Fsp3) is 0.667. The van der Waals surface area contributed by atoms with Gasteiger partial charge in [0.25, 0.3) is 0 Å². The zero-order valence-corrected chi connectivity index (χ0v) is 17.4. The van der Waals surface area contributed by atoms with Crippen molar-refractivity contribution in [2.24, 2.45) is 4.99 Å². The van der Waals surface area contributed by atoms with Crippen LogP contribution in [0.25, 0.3) is 0 Å². The first-order valence-corrected chi connectivity index (χ1v) is 10.5. The number of anilines is 1. The zero-order chi connectivity index (χ0) is 19.1. The average Bonchev–Trinajstić information content (AvgIpc) is 3.34. The summed E-state index contributed by atoms with van der Waals surface area (Å²) in [4.78, 5) is 18.0. The quantitative estimate of drug-likeness (QED) is 0.441.